The van der Waals surface area contributed by atoms with Crippen molar-refractivity contribution < 1.29 is 9.84 Å². The molecule has 3 rings (SSSR count). The van der Waals surface area contributed by atoms with Crippen molar-refractivity contribution in [2.45, 2.75) is 12.6 Å². The number of aromatic nitrogens is 3. The van der Waals surface area contributed by atoms with Gasteiger partial charge in [0.05, 0.1) is 5.69 Å². The molecule has 0 aliphatic rings. The van der Waals surface area contributed by atoms with Gasteiger partial charge in [-0.2, -0.15) is 5.10 Å². The molecule has 0 spiro atoms. The Labute approximate surface area is 147 Å². The first kappa shape index (κ1) is 17.1. The molecule has 0 unspecified atom stereocenters. The summed E-state index contributed by atoms with van der Waals surface area (Å²) in [5.74, 6) is 0.758. The van der Waals surface area contributed by atoms with Crippen LogP contribution in [-0.2, 0) is 13.6 Å². The second-order valence-electron chi connectivity index (χ2n) is 5.82. The van der Waals surface area contributed by atoms with Gasteiger partial charge in [-0.15, -0.1) is 0 Å². The fraction of sp³-hybridized carbons (Fsp3) is 0.263. The van der Waals surface area contributed by atoms with Crippen molar-refractivity contribution in [2.24, 2.45) is 7.05 Å². The van der Waals surface area contributed by atoms with Gasteiger partial charge in [0.1, 0.15) is 18.5 Å². The van der Waals surface area contributed by atoms with E-state index in [0.29, 0.717) is 13.1 Å². The largest absolute Gasteiger partial charge is 0.491 e. The third-order valence-electron chi connectivity index (χ3n) is 3.74. The van der Waals surface area contributed by atoms with Gasteiger partial charge in [0.15, 0.2) is 0 Å². The predicted octanol–water partition coefficient (Wildman–Crippen LogP) is 2.01. The van der Waals surface area contributed by atoms with Crippen molar-refractivity contribution in [1.29, 1.82) is 0 Å². The molecule has 0 aliphatic heterocycles. The summed E-state index contributed by atoms with van der Waals surface area (Å²) in [4.78, 5) is 4.04. The average Bonchev–Trinajstić information content (AvgIpc) is 3.02. The van der Waals surface area contributed by atoms with Crippen LogP contribution in [-0.4, -0.2) is 39.1 Å². The summed E-state index contributed by atoms with van der Waals surface area (Å²) < 4.78 is 7.35. The Morgan fingerprint density at radius 3 is 2.68 bits per heavy atom. The lowest BCUT2D eigenvalue weighted by molar-refractivity contribution is 0.106. The zero-order valence-corrected chi connectivity index (χ0v) is 14.2. The minimum atomic E-state index is -0.582. The van der Waals surface area contributed by atoms with Crippen LogP contribution in [0.3, 0.4) is 0 Å². The van der Waals surface area contributed by atoms with Crippen LogP contribution < -0.4 is 10.1 Å². The van der Waals surface area contributed by atoms with E-state index in [1.54, 1.807) is 17.1 Å². The maximum Gasteiger partial charge on any atom is 0.119 e. The number of rotatable bonds is 8. The number of hydrogen-bond acceptors (Lipinski definition) is 5. The van der Waals surface area contributed by atoms with E-state index in [1.165, 1.54) is 0 Å². The number of benzene rings is 1. The van der Waals surface area contributed by atoms with Crippen LogP contribution in [0.5, 0.6) is 5.75 Å². The van der Waals surface area contributed by atoms with Gasteiger partial charge in [-0.25, -0.2) is 0 Å². The van der Waals surface area contributed by atoms with Gasteiger partial charge in [-0.05, 0) is 24.3 Å². The second kappa shape index (κ2) is 8.41. The molecule has 2 aromatic heterocycles. The summed E-state index contributed by atoms with van der Waals surface area (Å²) in [6.45, 7) is 1.31. The minimum Gasteiger partial charge on any atom is -0.491 e. The summed E-state index contributed by atoms with van der Waals surface area (Å²) in [6, 6.07) is 13.4. The lowest BCUT2D eigenvalue weighted by Crippen LogP contribution is -2.31. The van der Waals surface area contributed by atoms with Gasteiger partial charge in [0.2, 0.25) is 0 Å². The van der Waals surface area contributed by atoms with E-state index in [1.807, 2.05) is 55.7 Å². The molecule has 0 saturated heterocycles. The highest BCUT2D eigenvalue weighted by Crippen LogP contribution is 2.20. The highest BCUT2D eigenvalue weighted by atomic mass is 16.5. The number of nitrogens with zero attached hydrogens (tertiary/aromatic N) is 3. The van der Waals surface area contributed by atoms with Crippen LogP contribution in [0.4, 0.5) is 0 Å². The van der Waals surface area contributed by atoms with E-state index in [2.05, 4.69) is 15.4 Å². The Balaban J connectivity index is 1.51. The molecular weight excluding hydrogens is 316 g/mol. The van der Waals surface area contributed by atoms with Crippen LogP contribution in [0.15, 0.2) is 61.1 Å². The number of nitrogens with one attached hydrogen (secondary N) is 1. The molecule has 25 heavy (non-hydrogen) atoms. The molecule has 0 fully saturated rings. The van der Waals surface area contributed by atoms with E-state index in [-0.39, 0.29) is 6.61 Å². The fourth-order valence-electron chi connectivity index (χ4n) is 2.56. The highest BCUT2D eigenvalue weighted by molar-refractivity contribution is 5.61. The normalized spacial score (nSPS) is 12.1. The van der Waals surface area contributed by atoms with E-state index in [4.69, 9.17) is 4.74 Å². The second-order valence-corrected chi connectivity index (χ2v) is 5.82. The molecule has 6 nitrogen and oxygen atoms in total. The Kier molecular flexibility index (Phi) is 5.77. The predicted molar refractivity (Wildman–Crippen MR) is 96.1 cm³/mol. The van der Waals surface area contributed by atoms with Crippen molar-refractivity contribution in [3.8, 4) is 17.0 Å². The third-order valence-corrected chi connectivity index (χ3v) is 3.74. The topological polar surface area (TPSA) is 72.2 Å². The molecule has 3 aromatic rings. The molecule has 6 heteroatoms. The highest BCUT2D eigenvalue weighted by Gasteiger charge is 2.11. The quantitative estimate of drug-likeness (QED) is 0.657. The average molecular weight is 338 g/mol. The first-order valence-corrected chi connectivity index (χ1v) is 8.22. The molecular formula is C19H22N4O2. The molecule has 2 N–H and O–H groups in total. The van der Waals surface area contributed by atoms with Gasteiger partial charge in [-0.3, -0.25) is 9.67 Å². The maximum absolute atomic E-state index is 10.1. The minimum absolute atomic E-state index is 0.251. The summed E-state index contributed by atoms with van der Waals surface area (Å²) in [5.41, 5.74) is 3.03. The van der Waals surface area contributed by atoms with E-state index in [9.17, 15) is 5.11 Å². The number of hydrogen-bond donors (Lipinski definition) is 2. The molecule has 130 valence electrons. The lowest BCUT2D eigenvalue weighted by Gasteiger charge is -2.13. The van der Waals surface area contributed by atoms with Gasteiger partial charge in [0.25, 0.3) is 0 Å². The van der Waals surface area contributed by atoms with Crippen molar-refractivity contribution in [3.05, 3.63) is 66.6 Å². The molecule has 1 atom stereocenters. The van der Waals surface area contributed by atoms with Crippen molar-refractivity contribution in [2.75, 3.05) is 13.2 Å². The van der Waals surface area contributed by atoms with Crippen LogP contribution in [0.2, 0.25) is 0 Å². The summed E-state index contributed by atoms with van der Waals surface area (Å²) in [6.07, 6.45) is 4.91. The first-order chi connectivity index (χ1) is 12.2. The number of aliphatic hydroxyl groups is 1. The first-order valence-electron chi connectivity index (χ1n) is 8.22. The summed E-state index contributed by atoms with van der Waals surface area (Å²) >= 11 is 0. The molecule has 0 radical (unpaired) electrons. The van der Waals surface area contributed by atoms with Gasteiger partial charge in [-0.1, -0.05) is 18.2 Å². The van der Waals surface area contributed by atoms with Crippen molar-refractivity contribution in [1.82, 2.24) is 20.1 Å². The SMILES string of the molecule is Cn1cc(CNC[C@H](O)COc2ccccc2)c(-c2ccncc2)n1. The Bertz CT molecular complexity index is 775. The maximum atomic E-state index is 10.1. The fourth-order valence-corrected chi connectivity index (χ4v) is 2.56. The van der Waals surface area contributed by atoms with E-state index in [0.717, 1.165) is 22.6 Å². The molecule has 0 aliphatic carbocycles. The summed E-state index contributed by atoms with van der Waals surface area (Å²) in [5, 5.41) is 17.8. The number of ether oxygens (including phenoxy) is 1. The van der Waals surface area contributed by atoms with Crippen molar-refractivity contribution >= 4 is 0 Å². The Morgan fingerprint density at radius 1 is 1.16 bits per heavy atom. The molecule has 0 bridgehead atoms. The molecule has 0 saturated carbocycles. The smallest absolute Gasteiger partial charge is 0.119 e. The van der Waals surface area contributed by atoms with Crippen LogP contribution in [0, 0.1) is 0 Å². The van der Waals surface area contributed by atoms with Gasteiger partial charge < -0.3 is 15.2 Å². The standard InChI is InChI=1S/C19H22N4O2/c1-23-13-16(19(22-23)15-7-9-20-10-8-15)11-21-12-17(24)14-25-18-5-3-2-4-6-18/h2-10,13,17,21,24H,11-12,14H2,1H3/t17-/m0/s1. The lowest BCUT2D eigenvalue weighted by atomic mass is 10.1. The van der Waals surface area contributed by atoms with Crippen molar-refractivity contribution in [3.63, 3.8) is 0 Å². The summed E-state index contributed by atoms with van der Waals surface area (Å²) in [7, 11) is 1.90. The Morgan fingerprint density at radius 2 is 1.92 bits per heavy atom. The number of aryl methyl sites for hydroxylation is 1. The molecule has 0 amide bonds. The number of para-hydroxylation sites is 1. The van der Waals surface area contributed by atoms with Crippen LogP contribution in [0.25, 0.3) is 11.3 Å². The van der Waals surface area contributed by atoms with Crippen LogP contribution >= 0.6 is 0 Å². The molecule has 1 aromatic carbocycles. The van der Waals surface area contributed by atoms with Crippen LogP contribution in [0.1, 0.15) is 5.56 Å². The number of pyridine rings is 1. The third kappa shape index (κ3) is 4.89. The zero-order valence-electron chi connectivity index (χ0n) is 14.2. The zero-order chi connectivity index (χ0) is 17.5. The van der Waals surface area contributed by atoms with Gasteiger partial charge in [0, 0.05) is 49.9 Å². The Hall–Kier alpha value is -2.70. The molecule has 2 heterocycles. The van der Waals surface area contributed by atoms with E-state index >= 15 is 0 Å². The van der Waals surface area contributed by atoms with E-state index < -0.39 is 6.10 Å². The number of aliphatic hydroxyl groups excluding tert-OH is 1. The van der Waals surface area contributed by atoms with Gasteiger partial charge >= 0.3 is 0 Å². The monoisotopic (exact) mass is 338 g/mol.